The van der Waals surface area contributed by atoms with Crippen LogP contribution in [0, 0.1) is 6.92 Å². The van der Waals surface area contributed by atoms with Crippen molar-refractivity contribution < 1.29 is 14.3 Å². The van der Waals surface area contributed by atoms with E-state index in [1.165, 1.54) is 17.9 Å². The third kappa shape index (κ3) is 4.38. The predicted octanol–water partition coefficient (Wildman–Crippen LogP) is 4.22. The van der Waals surface area contributed by atoms with Gasteiger partial charge in [-0.2, -0.15) is 0 Å². The maximum Gasteiger partial charge on any atom is 0.337 e. The van der Waals surface area contributed by atoms with Crippen molar-refractivity contribution in [3.8, 4) is 0 Å². The molecule has 0 radical (unpaired) electrons. The molecular weight excluding hydrogens is 352 g/mol. The number of ether oxygens (including phenoxy) is 1. The molecule has 0 aliphatic rings. The second kappa shape index (κ2) is 8.67. The number of carbonyl (C=O) groups is 2. The smallest absolute Gasteiger partial charge is 0.337 e. The largest absolute Gasteiger partial charge is 0.465 e. The lowest BCUT2D eigenvalue weighted by atomic mass is 10.00. The van der Waals surface area contributed by atoms with Crippen LogP contribution in [0.15, 0.2) is 60.7 Å². The molecule has 0 aromatic heterocycles. The second-order valence-corrected chi connectivity index (χ2v) is 6.74. The van der Waals surface area contributed by atoms with E-state index in [1.54, 1.807) is 18.2 Å². The zero-order chi connectivity index (χ0) is 20.1. The number of hydrogen-bond acceptors (Lipinski definition) is 4. The first-order valence-electron chi connectivity index (χ1n) is 9.19. The van der Waals surface area contributed by atoms with Gasteiger partial charge in [-0.3, -0.25) is 4.79 Å². The molecule has 0 bridgehead atoms. The minimum Gasteiger partial charge on any atom is -0.465 e. The molecular formula is C23H24N2O3. The van der Waals surface area contributed by atoms with Crippen LogP contribution in [-0.2, 0) is 9.53 Å². The van der Waals surface area contributed by atoms with Crippen LogP contribution in [0.5, 0.6) is 0 Å². The van der Waals surface area contributed by atoms with E-state index < -0.39 is 5.97 Å². The Morgan fingerprint density at radius 2 is 1.79 bits per heavy atom. The highest BCUT2D eigenvalue weighted by molar-refractivity contribution is 5.96. The average molecular weight is 376 g/mol. The molecule has 0 saturated carbocycles. The Kier molecular flexibility index (Phi) is 6.06. The number of benzene rings is 3. The number of carbonyl (C=O) groups excluding carboxylic acids is 2. The fourth-order valence-electron chi connectivity index (χ4n) is 3.18. The van der Waals surface area contributed by atoms with E-state index in [0.717, 1.165) is 11.1 Å². The molecule has 0 aliphatic heterocycles. The van der Waals surface area contributed by atoms with Crippen LogP contribution >= 0.6 is 0 Å². The fraction of sp³-hybridized carbons (Fsp3) is 0.217. The average Bonchev–Trinajstić information content (AvgIpc) is 2.72. The lowest BCUT2D eigenvalue weighted by Gasteiger charge is -2.17. The summed E-state index contributed by atoms with van der Waals surface area (Å²) in [5.74, 6) is -0.601. The fourth-order valence-corrected chi connectivity index (χ4v) is 3.18. The molecule has 2 N–H and O–H groups in total. The number of methoxy groups -OCH3 is 1. The molecule has 3 aromatic carbocycles. The Morgan fingerprint density at radius 1 is 1.04 bits per heavy atom. The molecule has 28 heavy (non-hydrogen) atoms. The molecule has 0 saturated heterocycles. The van der Waals surface area contributed by atoms with Gasteiger partial charge in [0.2, 0.25) is 5.91 Å². The van der Waals surface area contributed by atoms with Gasteiger partial charge in [0.15, 0.2) is 0 Å². The number of rotatable bonds is 6. The van der Waals surface area contributed by atoms with Crippen LogP contribution in [0.25, 0.3) is 10.8 Å². The van der Waals surface area contributed by atoms with E-state index in [4.69, 9.17) is 4.74 Å². The summed E-state index contributed by atoms with van der Waals surface area (Å²) < 4.78 is 4.74. The van der Waals surface area contributed by atoms with E-state index >= 15 is 0 Å². The molecule has 144 valence electrons. The van der Waals surface area contributed by atoms with Crippen molar-refractivity contribution in [3.63, 3.8) is 0 Å². The zero-order valence-corrected chi connectivity index (χ0v) is 16.3. The third-order valence-corrected chi connectivity index (χ3v) is 4.79. The molecule has 0 unspecified atom stereocenters. The summed E-state index contributed by atoms with van der Waals surface area (Å²) in [5.41, 5.74) is 3.03. The summed E-state index contributed by atoms with van der Waals surface area (Å²) in [5, 5.41) is 8.49. The van der Waals surface area contributed by atoms with Crippen molar-refractivity contribution in [1.82, 2.24) is 5.32 Å². The summed E-state index contributed by atoms with van der Waals surface area (Å²) in [6.07, 6.45) is 0. The van der Waals surface area contributed by atoms with Crippen molar-refractivity contribution in [2.24, 2.45) is 0 Å². The summed E-state index contributed by atoms with van der Waals surface area (Å²) >= 11 is 0. The van der Waals surface area contributed by atoms with Crippen LogP contribution in [0.1, 0.15) is 34.5 Å². The molecule has 5 heteroatoms. The van der Waals surface area contributed by atoms with Crippen LogP contribution in [0.3, 0.4) is 0 Å². The number of hydrogen-bond donors (Lipinski definition) is 2. The minimum absolute atomic E-state index is 0.0133. The van der Waals surface area contributed by atoms with Crippen molar-refractivity contribution >= 4 is 28.3 Å². The van der Waals surface area contributed by atoms with Gasteiger partial charge in [-0.1, -0.05) is 48.5 Å². The topological polar surface area (TPSA) is 67.4 Å². The van der Waals surface area contributed by atoms with E-state index in [2.05, 4.69) is 34.9 Å². The zero-order valence-electron chi connectivity index (χ0n) is 16.3. The first-order valence-corrected chi connectivity index (χ1v) is 9.19. The maximum absolute atomic E-state index is 12.4. The maximum atomic E-state index is 12.4. The van der Waals surface area contributed by atoms with Gasteiger partial charge in [0.05, 0.1) is 19.2 Å². The van der Waals surface area contributed by atoms with Crippen molar-refractivity contribution in [3.05, 3.63) is 77.4 Å². The van der Waals surface area contributed by atoms with Gasteiger partial charge >= 0.3 is 5.97 Å². The standard InChI is InChI=1S/C23H24N2O3/c1-15-11-12-18(23(27)28-3)13-21(15)25-22(26)14-24-16(2)19-10-6-8-17-7-4-5-9-20(17)19/h4-13,16,24H,14H2,1-3H3,(H,25,26)/t16-/m0/s1. The molecule has 3 rings (SSSR count). The van der Waals surface area contributed by atoms with Crippen LogP contribution in [0.2, 0.25) is 0 Å². The highest BCUT2D eigenvalue weighted by Crippen LogP contribution is 2.24. The van der Waals surface area contributed by atoms with E-state index in [1.807, 2.05) is 32.0 Å². The lowest BCUT2D eigenvalue weighted by molar-refractivity contribution is -0.115. The summed E-state index contributed by atoms with van der Waals surface area (Å²) in [4.78, 5) is 24.1. The highest BCUT2D eigenvalue weighted by Gasteiger charge is 2.13. The Morgan fingerprint density at radius 3 is 2.57 bits per heavy atom. The summed E-state index contributed by atoms with van der Waals surface area (Å²) in [6, 6.07) is 19.5. The van der Waals surface area contributed by atoms with Gasteiger partial charge in [0.25, 0.3) is 0 Å². The van der Waals surface area contributed by atoms with Gasteiger partial charge in [-0.15, -0.1) is 0 Å². The van der Waals surface area contributed by atoms with Crippen molar-refractivity contribution in [2.45, 2.75) is 19.9 Å². The Hall–Kier alpha value is -3.18. The number of aryl methyl sites for hydroxylation is 1. The quantitative estimate of drug-likeness (QED) is 0.632. The van der Waals surface area contributed by atoms with Gasteiger partial charge in [-0.25, -0.2) is 4.79 Å². The van der Waals surface area contributed by atoms with Gasteiger partial charge in [0, 0.05) is 11.7 Å². The minimum atomic E-state index is -0.432. The van der Waals surface area contributed by atoms with Crippen LogP contribution in [0.4, 0.5) is 5.69 Å². The lowest BCUT2D eigenvalue weighted by Crippen LogP contribution is -2.30. The number of esters is 1. The normalized spacial score (nSPS) is 11.8. The van der Waals surface area contributed by atoms with Crippen molar-refractivity contribution in [1.29, 1.82) is 0 Å². The number of anilines is 1. The molecule has 0 fully saturated rings. The van der Waals surface area contributed by atoms with Crippen LogP contribution in [-0.4, -0.2) is 25.5 Å². The Bertz CT molecular complexity index is 1010. The first kappa shape index (κ1) is 19.6. The van der Waals surface area contributed by atoms with E-state index in [-0.39, 0.29) is 18.5 Å². The van der Waals surface area contributed by atoms with Crippen molar-refractivity contribution in [2.75, 3.05) is 19.0 Å². The predicted molar refractivity (Wildman–Crippen MR) is 112 cm³/mol. The SMILES string of the molecule is COC(=O)c1ccc(C)c(NC(=O)CN[C@@H](C)c2cccc3ccccc23)c1. The van der Waals surface area contributed by atoms with Gasteiger partial charge < -0.3 is 15.4 Å². The molecule has 0 spiro atoms. The number of amides is 1. The molecule has 0 heterocycles. The number of nitrogens with one attached hydrogen (secondary N) is 2. The number of fused-ring (bicyclic) bond motifs is 1. The molecule has 5 nitrogen and oxygen atoms in total. The first-order chi connectivity index (χ1) is 13.5. The molecule has 0 aliphatic carbocycles. The molecule has 3 aromatic rings. The second-order valence-electron chi connectivity index (χ2n) is 6.74. The third-order valence-electron chi connectivity index (χ3n) is 4.79. The van der Waals surface area contributed by atoms with Gasteiger partial charge in [0.1, 0.15) is 0 Å². The Labute approximate surface area is 164 Å². The highest BCUT2D eigenvalue weighted by atomic mass is 16.5. The van der Waals surface area contributed by atoms with E-state index in [9.17, 15) is 9.59 Å². The Balaban J connectivity index is 1.66. The summed E-state index contributed by atoms with van der Waals surface area (Å²) in [7, 11) is 1.33. The monoisotopic (exact) mass is 376 g/mol. The van der Waals surface area contributed by atoms with Crippen LogP contribution < -0.4 is 10.6 Å². The van der Waals surface area contributed by atoms with E-state index in [0.29, 0.717) is 11.3 Å². The van der Waals surface area contributed by atoms with Gasteiger partial charge in [-0.05, 0) is 47.9 Å². The summed E-state index contributed by atoms with van der Waals surface area (Å²) in [6.45, 7) is 4.08. The molecule has 1 amide bonds. The molecule has 1 atom stereocenters.